The monoisotopic (exact) mass is 488 g/mol. The molecule has 1 aliphatic heterocycles. The van der Waals surface area contributed by atoms with Crippen LogP contribution in [-0.4, -0.2) is 55.0 Å². The van der Waals surface area contributed by atoms with E-state index >= 15 is 0 Å². The number of nitrogens with zero attached hydrogens (tertiary/aromatic N) is 1. The average Bonchev–Trinajstić information content (AvgIpc) is 2.87. The first-order chi connectivity index (χ1) is 17.1. The minimum atomic E-state index is -0.864. The Labute approximate surface area is 210 Å². The normalized spacial score (nSPS) is 15.5. The van der Waals surface area contributed by atoms with E-state index in [1.54, 1.807) is 24.3 Å². The smallest absolute Gasteiger partial charge is 0.308 e. The average molecular weight is 489 g/mol. The Morgan fingerprint density at radius 3 is 2.31 bits per heavy atom. The second kappa shape index (κ2) is 17.0. The molecule has 0 bridgehead atoms. The van der Waals surface area contributed by atoms with Gasteiger partial charge in [0.05, 0.1) is 19.6 Å². The van der Waals surface area contributed by atoms with Crippen LogP contribution in [0.2, 0.25) is 0 Å². The number of carbonyl (C=O) groups excluding carboxylic acids is 3. The summed E-state index contributed by atoms with van der Waals surface area (Å²) in [5.41, 5.74) is 0.442. The SMILES string of the molecule is CCCCCCCCCCCCOC(=O)CC1C(=O)NCCN1C(=O)c1cccc(OCCC)c1. The van der Waals surface area contributed by atoms with Crippen LogP contribution in [0.15, 0.2) is 24.3 Å². The largest absolute Gasteiger partial charge is 0.494 e. The molecule has 7 nitrogen and oxygen atoms in total. The van der Waals surface area contributed by atoms with E-state index < -0.39 is 12.0 Å². The summed E-state index contributed by atoms with van der Waals surface area (Å²) in [6.45, 7) is 5.88. The molecule has 35 heavy (non-hydrogen) atoms. The number of hydrogen-bond acceptors (Lipinski definition) is 5. The molecule has 7 heteroatoms. The van der Waals surface area contributed by atoms with Crippen molar-refractivity contribution in [3.05, 3.63) is 29.8 Å². The molecule has 1 unspecified atom stereocenters. The Balaban J connectivity index is 1.74. The van der Waals surface area contributed by atoms with Crippen LogP contribution in [0.4, 0.5) is 0 Å². The van der Waals surface area contributed by atoms with Gasteiger partial charge in [-0.1, -0.05) is 77.7 Å². The molecule has 1 atom stereocenters. The number of amides is 2. The molecule has 1 fully saturated rings. The van der Waals surface area contributed by atoms with Crippen molar-refractivity contribution in [3.8, 4) is 5.75 Å². The molecular formula is C28H44N2O5. The number of esters is 1. The first-order valence-electron chi connectivity index (χ1n) is 13.5. The van der Waals surface area contributed by atoms with Gasteiger partial charge in [0.15, 0.2) is 0 Å². The highest BCUT2D eigenvalue weighted by atomic mass is 16.5. The molecule has 0 saturated carbocycles. The summed E-state index contributed by atoms with van der Waals surface area (Å²) >= 11 is 0. The van der Waals surface area contributed by atoms with E-state index in [-0.39, 0.29) is 18.2 Å². The molecule has 0 aliphatic carbocycles. The molecule has 1 heterocycles. The minimum absolute atomic E-state index is 0.138. The Hall–Kier alpha value is -2.57. The highest BCUT2D eigenvalue weighted by Crippen LogP contribution is 2.19. The van der Waals surface area contributed by atoms with Crippen molar-refractivity contribution in [2.75, 3.05) is 26.3 Å². The minimum Gasteiger partial charge on any atom is -0.494 e. The Morgan fingerprint density at radius 2 is 1.63 bits per heavy atom. The molecule has 0 radical (unpaired) electrons. The molecule has 196 valence electrons. The highest BCUT2D eigenvalue weighted by molar-refractivity contribution is 5.99. The maximum atomic E-state index is 13.2. The lowest BCUT2D eigenvalue weighted by Crippen LogP contribution is -2.57. The quantitative estimate of drug-likeness (QED) is 0.238. The van der Waals surface area contributed by atoms with Crippen molar-refractivity contribution in [1.82, 2.24) is 10.2 Å². The fourth-order valence-electron chi connectivity index (χ4n) is 4.26. The van der Waals surface area contributed by atoms with Crippen LogP contribution in [0.1, 0.15) is 101 Å². The summed E-state index contributed by atoms with van der Waals surface area (Å²) in [7, 11) is 0. The number of carbonyl (C=O) groups is 3. The topological polar surface area (TPSA) is 84.9 Å². The fraction of sp³-hybridized carbons (Fsp3) is 0.679. The van der Waals surface area contributed by atoms with Gasteiger partial charge in [-0.3, -0.25) is 14.4 Å². The third kappa shape index (κ3) is 10.7. The first kappa shape index (κ1) is 28.7. The van der Waals surface area contributed by atoms with Gasteiger partial charge in [-0.25, -0.2) is 0 Å². The van der Waals surface area contributed by atoms with Gasteiger partial charge in [-0.05, 0) is 31.0 Å². The lowest BCUT2D eigenvalue weighted by atomic mass is 10.1. The van der Waals surface area contributed by atoms with E-state index in [1.807, 2.05) is 6.92 Å². The Morgan fingerprint density at radius 1 is 0.943 bits per heavy atom. The number of rotatable bonds is 17. The van der Waals surface area contributed by atoms with Crippen LogP contribution in [0.25, 0.3) is 0 Å². The zero-order chi connectivity index (χ0) is 25.3. The van der Waals surface area contributed by atoms with Crippen LogP contribution < -0.4 is 10.1 Å². The number of unbranched alkanes of at least 4 members (excludes halogenated alkanes) is 9. The summed E-state index contributed by atoms with van der Waals surface area (Å²) in [5.74, 6) is -0.430. The lowest BCUT2D eigenvalue weighted by molar-refractivity contribution is -0.147. The van der Waals surface area contributed by atoms with E-state index in [9.17, 15) is 14.4 Å². The number of ether oxygens (including phenoxy) is 2. The standard InChI is InChI=1S/C28H44N2O5/c1-3-5-6-7-8-9-10-11-12-13-20-35-26(31)22-25-27(32)29-17-18-30(25)28(33)23-15-14-16-24(21-23)34-19-4-2/h14-16,21,25H,3-13,17-20,22H2,1-2H3,(H,29,32). The zero-order valence-corrected chi connectivity index (χ0v) is 21.7. The lowest BCUT2D eigenvalue weighted by Gasteiger charge is -2.34. The van der Waals surface area contributed by atoms with Crippen LogP contribution in [-0.2, 0) is 14.3 Å². The summed E-state index contributed by atoms with van der Waals surface area (Å²) in [6, 6.07) is 6.09. The van der Waals surface area contributed by atoms with E-state index in [4.69, 9.17) is 9.47 Å². The van der Waals surface area contributed by atoms with Crippen molar-refractivity contribution < 1.29 is 23.9 Å². The van der Waals surface area contributed by atoms with Crippen molar-refractivity contribution in [3.63, 3.8) is 0 Å². The van der Waals surface area contributed by atoms with Crippen LogP contribution in [0.3, 0.4) is 0 Å². The predicted octanol–water partition coefficient (Wildman–Crippen LogP) is 5.27. The fourth-order valence-corrected chi connectivity index (χ4v) is 4.26. The Kier molecular flexibility index (Phi) is 13.9. The molecule has 1 N–H and O–H groups in total. The molecule has 1 aromatic carbocycles. The maximum absolute atomic E-state index is 13.2. The van der Waals surface area contributed by atoms with Crippen LogP contribution in [0.5, 0.6) is 5.75 Å². The highest BCUT2D eigenvalue weighted by Gasteiger charge is 2.35. The first-order valence-corrected chi connectivity index (χ1v) is 13.5. The number of nitrogens with one attached hydrogen (secondary N) is 1. The molecule has 0 aromatic heterocycles. The van der Waals surface area contributed by atoms with Crippen molar-refractivity contribution in [1.29, 1.82) is 0 Å². The third-order valence-electron chi connectivity index (χ3n) is 6.27. The Bertz CT molecular complexity index is 782. The van der Waals surface area contributed by atoms with Gasteiger partial charge in [0.1, 0.15) is 11.8 Å². The van der Waals surface area contributed by atoms with E-state index in [1.165, 1.54) is 49.8 Å². The summed E-state index contributed by atoms with van der Waals surface area (Å²) in [5, 5.41) is 2.76. The number of hydrogen-bond donors (Lipinski definition) is 1. The molecule has 1 saturated heterocycles. The molecule has 2 rings (SSSR count). The third-order valence-corrected chi connectivity index (χ3v) is 6.27. The molecule has 0 spiro atoms. The number of benzene rings is 1. The molecular weight excluding hydrogens is 444 g/mol. The van der Waals surface area contributed by atoms with E-state index in [0.29, 0.717) is 37.6 Å². The zero-order valence-electron chi connectivity index (χ0n) is 21.7. The van der Waals surface area contributed by atoms with E-state index in [2.05, 4.69) is 12.2 Å². The molecule has 1 aliphatic rings. The second-order valence-electron chi connectivity index (χ2n) is 9.29. The van der Waals surface area contributed by atoms with Crippen LogP contribution >= 0.6 is 0 Å². The van der Waals surface area contributed by atoms with Crippen molar-refractivity contribution >= 4 is 17.8 Å². The van der Waals surface area contributed by atoms with Gasteiger partial charge < -0.3 is 19.7 Å². The number of piperazine rings is 1. The van der Waals surface area contributed by atoms with Gasteiger partial charge in [0.25, 0.3) is 5.91 Å². The van der Waals surface area contributed by atoms with Gasteiger partial charge >= 0.3 is 5.97 Å². The second-order valence-corrected chi connectivity index (χ2v) is 9.29. The van der Waals surface area contributed by atoms with E-state index in [0.717, 1.165) is 25.7 Å². The van der Waals surface area contributed by atoms with Gasteiger partial charge in [-0.2, -0.15) is 0 Å². The molecule has 1 aromatic rings. The molecule has 2 amide bonds. The summed E-state index contributed by atoms with van der Waals surface area (Å²) in [6.07, 6.45) is 12.8. The van der Waals surface area contributed by atoms with Crippen molar-refractivity contribution in [2.45, 2.75) is 96.9 Å². The van der Waals surface area contributed by atoms with Crippen LogP contribution in [0, 0.1) is 0 Å². The van der Waals surface area contributed by atoms with Gasteiger partial charge in [-0.15, -0.1) is 0 Å². The van der Waals surface area contributed by atoms with Gasteiger partial charge in [0.2, 0.25) is 5.91 Å². The predicted molar refractivity (Wildman–Crippen MR) is 137 cm³/mol. The summed E-state index contributed by atoms with van der Waals surface area (Å²) in [4.78, 5) is 39.6. The maximum Gasteiger partial charge on any atom is 0.308 e. The van der Waals surface area contributed by atoms with Crippen molar-refractivity contribution in [2.24, 2.45) is 0 Å². The van der Waals surface area contributed by atoms with Gasteiger partial charge in [0, 0.05) is 18.7 Å². The summed E-state index contributed by atoms with van der Waals surface area (Å²) < 4.78 is 11.0.